The number of thiazole rings is 1. The van der Waals surface area contributed by atoms with Crippen LogP contribution in [0.15, 0.2) is 26.9 Å². The molecular weight excluding hydrogens is 374 g/mol. The number of nitrogens with one attached hydrogen (secondary N) is 1. The number of hydrogen-bond donors (Lipinski definition) is 2. The Morgan fingerprint density at radius 1 is 1.38 bits per heavy atom. The lowest BCUT2D eigenvalue weighted by molar-refractivity contribution is 0.579. The maximum atomic E-state index is 12.4. The summed E-state index contributed by atoms with van der Waals surface area (Å²) >= 11 is 4.83. The lowest BCUT2D eigenvalue weighted by Gasteiger charge is -2.11. The van der Waals surface area contributed by atoms with Crippen molar-refractivity contribution in [3.05, 3.63) is 43.8 Å². The van der Waals surface area contributed by atoms with Crippen LogP contribution in [-0.4, -0.2) is 13.4 Å². The van der Waals surface area contributed by atoms with Crippen molar-refractivity contribution in [3.63, 3.8) is 0 Å². The van der Waals surface area contributed by atoms with Crippen LogP contribution < -0.4 is 10.5 Å². The average Bonchev–Trinajstić information content (AvgIpc) is 2.85. The third kappa shape index (κ3) is 3.89. The van der Waals surface area contributed by atoms with Crippen molar-refractivity contribution < 1.29 is 8.42 Å². The Balaban J connectivity index is 2.29. The molecule has 0 amide bonds. The van der Waals surface area contributed by atoms with Gasteiger partial charge in [-0.2, -0.15) is 0 Å². The molecule has 114 valence electrons. The molecule has 0 atom stereocenters. The highest BCUT2D eigenvalue weighted by Gasteiger charge is 2.20. The maximum absolute atomic E-state index is 12.4. The van der Waals surface area contributed by atoms with Gasteiger partial charge in [0.05, 0.1) is 22.1 Å². The molecule has 0 saturated carbocycles. The SMILES string of the molecule is Cc1nc(CNS(=O)(=O)c2cc(CN)cc(C)c2Br)cs1. The summed E-state index contributed by atoms with van der Waals surface area (Å²) in [4.78, 5) is 4.44. The molecule has 0 aliphatic carbocycles. The molecule has 0 aliphatic heterocycles. The molecule has 0 fully saturated rings. The van der Waals surface area contributed by atoms with Crippen molar-refractivity contribution in [1.29, 1.82) is 0 Å². The molecule has 0 unspecified atom stereocenters. The molecule has 0 bridgehead atoms. The zero-order chi connectivity index (χ0) is 15.6. The van der Waals surface area contributed by atoms with Gasteiger partial charge in [0.1, 0.15) is 0 Å². The van der Waals surface area contributed by atoms with Crippen molar-refractivity contribution >= 4 is 37.3 Å². The van der Waals surface area contributed by atoms with Crippen LogP contribution in [-0.2, 0) is 23.1 Å². The van der Waals surface area contributed by atoms with E-state index in [1.807, 2.05) is 25.3 Å². The number of aryl methyl sites for hydroxylation is 2. The second-order valence-corrected chi connectivity index (χ2v) is 8.20. The number of benzene rings is 1. The van der Waals surface area contributed by atoms with Gasteiger partial charge in [0.15, 0.2) is 0 Å². The molecule has 3 N–H and O–H groups in total. The van der Waals surface area contributed by atoms with Gasteiger partial charge in [-0.05, 0) is 47.0 Å². The van der Waals surface area contributed by atoms with Crippen molar-refractivity contribution in [2.45, 2.75) is 31.8 Å². The van der Waals surface area contributed by atoms with Gasteiger partial charge < -0.3 is 5.73 Å². The molecule has 1 aromatic carbocycles. The molecule has 5 nitrogen and oxygen atoms in total. The fourth-order valence-electron chi connectivity index (χ4n) is 1.86. The van der Waals surface area contributed by atoms with E-state index in [9.17, 15) is 8.42 Å². The lowest BCUT2D eigenvalue weighted by Crippen LogP contribution is -2.24. The van der Waals surface area contributed by atoms with Crippen LogP contribution in [0.3, 0.4) is 0 Å². The Labute approximate surface area is 136 Å². The predicted molar refractivity (Wildman–Crippen MR) is 87.6 cm³/mol. The van der Waals surface area contributed by atoms with Gasteiger partial charge >= 0.3 is 0 Å². The van der Waals surface area contributed by atoms with Crippen LogP contribution in [0.4, 0.5) is 0 Å². The minimum absolute atomic E-state index is 0.172. The standard InChI is InChI=1S/C13H16BrN3O2S2/c1-8-3-10(5-15)4-12(13(8)14)21(18,19)16-6-11-7-20-9(2)17-11/h3-4,7,16H,5-6,15H2,1-2H3. The van der Waals surface area contributed by atoms with Crippen LogP contribution >= 0.6 is 27.3 Å². The fourth-order valence-corrected chi connectivity index (χ4v) is 4.54. The van der Waals surface area contributed by atoms with Crippen molar-refractivity contribution in [1.82, 2.24) is 9.71 Å². The summed E-state index contributed by atoms with van der Waals surface area (Å²) in [5, 5.41) is 2.75. The van der Waals surface area contributed by atoms with Gasteiger partial charge in [0.2, 0.25) is 10.0 Å². The minimum Gasteiger partial charge on any atom is -0.326 e. The topological polar surface area (TPSA) is 85.1 Å². The molecule has 0 aliphatic rings. The molecule has 0 radical (unpaired) electrons. The molecule has 2 aromatic rings. The number of halogens is 1. The van der Waals surface area contributed by atoms with E-state index in [1.54, 1.807) is 6.07 Å². The molecule has 21 heavy (non-hydrogen) atoms. The molecule has 8 heteroatoms. The third-order valence-corrected chi connectivity index (χ3v) is 6.48. The Bertz CT molecular complexity index is 757. The monoisotopic (exact) mass is 389 g/mol. The van der Waals surface area contributed by atoms with Crippen molar-refractivity contribution in [3.8, 4) is 0 Å². The van der Waals surface area contributed by atoms with Crippen LogP contribution in [0.2, 0.25) is 0 Å². The summed E-state index contributed by atoms with van der Waals surface area (Å²) in [6, 6.07) is 3.46. The summed E-state index contributed by atoms with van der Waals surface area (Å²) in [6.07, 6.45) is 0. The molecular formula is C13H16BrN3O2S2. The van der Waals surface area contributed by atoms with E-state index in [0.29, 0.717) is 16.7 Å². The van der Waals surface area contributed by atoms with Crippen molar-refractivity contribution in [2.75, 3.05) is 0 Å². The van der Waals surface area contributed by atoms with E-state index in [2.05, 4.69) is 25.6 Å². The Morgan fingerprint density at radius 2 is 2.10 bits per heavy atom. The van der Waals surface area contributed by atoms with E-state index in [4.69, 9.17) is 5.73 Å². The molecule has 1 heterocycles. The van der Waals surface area contributed by atoms with Gasteiger partial charge in [-0.25, -0.2) is 18.1 Å². The second kappa shape index (κ2) is 6.53. The molecule has 0 saturated heterocycles. The smallest absolute Gasteiger partial charge is 0.242 e. The van der Waals surface area contributed by atoms with E-state index < -0.39 is 10.0 Å². The normalized spacial score (nSPS) is 11.8. The first kappa shape index (κ1) is 16.6. The van der Waals surface area contributed by atoms with Crippen LogP contribution in [0.5, 0.6) is 0 Å². The fraction of sp³-hybridized carbons (Fsp3) is 0.308. The van der Waals surface area contributed by atoms with Crippen molar-refractivity contribution in [2.24, 2.45) is 5.73 Å². The second-order valence-electron chi connectivity index (χ2n) is 4.61. The Morgan fingerprint density at radius 3 is 2.67 bits per heavy atom. The maximum Gasteiger partial charge on any atom is 0.242 e. The zero-order valence-electron chi connectivity index (χ0n) is 11.7. The highest BCUT2D eigenvalue weighted by atomic mass is 79.9. The predicted octanol–water partition coefficient (Wildman–Crippen LogP) is 2.46. The summed E-state index contributed by atoms with van der Waals surface area (Å²) in [5.41, 5.74) is 7.94. The Hall–Kier alpha value is -0.800. The summed E-state index contributed by atoms with van der Waals surface area (Å²) < 4.78 is 28.0. The van der Waals surface area contributed by atoms with Gasteiger partial charge in [0, 0.05) is 16.4 Å². The third-order valence-electron chi connectivity index (χ3n) is 2.92. The lowest BCUT2D eigenvalue weighted by atomic mass is 10.1. The zero-order valence-corrected chi connectivity index (χ0v) is 14.9. The first-order valence-corrected chi connectivity index (χ1v) is 9.39. The molecule has 2 rings (SSSR count). The quantitative estimate of drug-likeness (QED) is 0.822. The summed E-state index contributed by atoms with van der Waals surface area (Å²) in [6.45, 7) is 4.19. The highest BCUT2D eigenvalue weighted by molar-refractivity contribution is 9.10. The average molecular weight is 390 g/mol. The van der Waals surface area contributed by atoms with Crippen LogP contribution in [0.1, 0.15) is 21.8 Å². The van der Waals surface area contributed by atoms with Gasteiger partial charge in [-0.1, -0.05) is 6.07 Å². The van der Waals surface area contributed by atoms with E-state index in [1.165, 1.54) is 11.3 Å². The summed E-state index contributed by atoms with van der Waals surface area (Å²) in [5.74, 6) is 0. The van der Waals surface area contributed by atoms with Gasteiger partial charge in [-0.3, -0.25) is 0 Å². The van der Waals surface area contributed by atoms with Gasteiger partial charge in [-0.15, -0.1) is 11.3 Å². The molecule has 0 spiro atoms. The van der Waals surface area contributed by atoms with Crippen LogP contribution in [0.25, 0.3) is 0 Å². The molecule has 1 aromatic heterocycles. The minimum atomic E-state index is -3.62. The number of nitrogens with zero attached hydrogens (tertiary/aromatic N) is 1. The van der Waals surface area contributed by atoms with E-state index in [-0.39, 0.29) is 11.4 Å². The first-order chi connectivity index (χ1) is 9.83. The number of rotatable bonds is 5. The first-order valence-electron chi connectivity index (χ1n) is 6.23. The number of hydrogen-bond acceptors (Lipinski definition) is 5. The van der Waals surface area contributed by atoms with E-state index >= 15 is 0 Å². The summed E-state index contributed by atoms with van der Waals surface area (Å²) in [7, 11) is -3.62. The largest absolute Gasteiger partial charge is 0.326 e. The van der Waals surface area contributed by atoms with Crippen LogP contribution in [0, 0.1) is 13.8 Å². The van der Waals surface area contributed by atoms with Gasteiger partial charge in [0.25, 0.3) is 0 Å². The highest BCUT2D eigenvalue weighted by Crippen LogP contribution is 2.27. The number of nitrogens with two attached hydrogens (primary N) is 1. The Kier molecular flexibility index (Phi) is 5.15. The van der Waals surface area contributed by atoms with E-state index in [0.717, 1.165) is 16.1 Å². The number of sulfonamides is 1. The number of aromatic nitrogens is 1.